The van der Waals surface area contributed by atoms with Gasteiger partial charge in [0.25, 0.3) is 0 Å². The molecule has 0 atom stereocenters. The first-order chi connectivity index (χ1) is 10.7. The number of aryl methyl sites for hydroxylation is 1. The van der Waals surface area contributed by atoms with Crippen LogP contribution in [-0.2, 0) is 13.0 Å². The van der Waals surface area contributed by atoms with E-state index in [1.54, 1.807) is 18.1 Å². The molecular weight excluding hydrogens is 278 g/mol. The first-order valence-corrected chi connectivity index (χ1v) is 7.31. The normalized spacial score (nSPS) is 13.5. The Bertz CT molecular complexity index is 700. The fraction of sp³-hybridized carbons (Fsp3) is 0.294. The minimum atomic E-state index is -0.119. The van der Waals surface area contributed by atoms with Crippen molar-refractivity contribution in [1.29, 1.82) is 0 Å². The van der Waals surface area contributed by atoms with Crippen LogP contribution in [0.15, 0.2) is 36.4 Å². The lowest BCUT2D eigenvalue weighted by Crippen LogP contribution is -2.39. The zero-order valence-electron chi connectivity index (χ0n) is 12.8. The maximum Gasteiger partial charge on any atom is 0.323 e. The number of rotatable bonds is 2. The minimum absolute atomic E-state index is 0.119. The lowest BCUT2D eigenvalue weighted by atomic mass is 10.00. The van der Waals surface area contributed by atoms with E-state index in [4.69, 9.17) is 4.74 Å². The fourth-order valence-corrected chi connectivity index (χ4v) is 2.64. The van der Waals surface area contributed by atoms with E-state index >= 15 is 0 Å². The molecule has 2 amide bonds. The Hall–Kier alpha value is -2.56. The van der Waals surface area contributed by atoms with Gasteiger partial charge in [-0.15, -0.1) is 0 Å². The summed E-state index contributed by atoms with van der Waals surface area (Å²) in [6.45, 7) is 3.19. The molecule has 2 heterocycles. The molecule has 22 heavy (non-hydrogen) atoms. The topological polar surface area (TPSA) is 54.5 Å². The highest BCUT2D eigenvalue weighted by Gasteiger charge is 2.21. The number of aromatic nitrogens is 1. The lowest BCUT2D eigenvalue weighted by molar-refractivity contribution is 0.206. The van der Waals surface area contributed by atoms with Gasteiger partial charge in [0.05, 0.1) is 7.11 Å². The molecule has 0 unspecified atom stereocenters. The molecule has 1 aromatic heterocycles. The van der Waals surface area contributed by atoms with Crippen molar-refractivity contribution in [1.82, 2.24) is 9.88 Å². The summed E-state index contributed by atoms with van der Waals surface area (Å²) in [4.78, 5) is 18.5. The van der Waals surface area contributed by atoms with E-state index in [-0.39, 0.29) is 6.03 Å². The predicted octanol–water partition coefficient (Wildman–Crippen LogP) is 2.99. The van der Waals surface area contributed by atoms with Crippen molar-refractivity contribution in [3.8, 4) is 5.75 Å². The molecule has 114 valence electrons. The summed E-state index contributed by atoms with van der Waals surface area (Å²) in [5.41, 5.74) is 3.29. The highest BCUT2D eigenvalue weighted by molar-refractivity contribution is 5.88. The van der Waals surface area contributed by atoms with Crippen molar-refractivity contribution in [3.63, 3.8) is 0 Å². The zero-order valence-corrected chi connectivity index (χ0v) is 12.8. The number of amides is 2. The van der Waals surface area contributed by atoms with Crippen LogP contribution in [0.1, 0.15) is 16.8 Å². The molecule has 0 saturated heterocycles. The second-order valence-corrected chi connectivity index (χ2v) is 5.40. The number of carbonyl (C=O) groups excluding carboxylic acids is 1. The number of fused-ring (bicyclic) bond motifs is 1. The Balaban J connectivity index is 1.72. The third-order valence-electron chi connectivity index (χ3n) is 3.84. The molecule has 1 N–H and O–H groups in total. The average Bonchev–Trinajstić information content (AvgIpc) is 2.53. The largest absolute Gasteiger partial charge is 0.497 e. The zero-order chi connectivity index (χ0) is 15.5. The van der Waals surface area contributed by atoms with Gasteiger partial charge >= 0.3 is 6.03 Å². The van der Waals surface area contributed by atoms with Crippen molar-refractivity contribution in [2.45, 2.75) is 19.9 Å². The van der Waals surface area contributed by atoms with Gasteiger partial charge in [-0.1, -0.05) is 12.1 Å². The second-order valence-electron chi connectivity index (χ2n) is 5.40. The molecule has 5 nitrogen and oxygen atoms in total. The van der Waals surface area contributed by atoms with E-state index in [2.05, 4.69) is 16.4 Å². The molecule has 0 bridgehead atoms. The summed E-state index contributed by atoms with van der Waals surface area (Å²) in [6.07, 6.45) is 0.855. The number of hydrogen-bond acceptors (Lipinski definition) is 3. The number of urea groups is 1. The van der Waals surface area contributed by atoms with Crippen LogP contribution in [-0.4, -0.2) is 29.6 Å². The van der Waals surface area contributed by atoms with E-state index in [0.717, 1.165) is 23.4 Å². The molecule has 0 fully saturated rings. The van der Waals surface area contributed by atoms with E-state index in [1.807, 2.05) is 31.2 Å². The van der Waals surface area contributed by atoms with Crippen molar-refractivity contribution < 1.29 is 9.53 Å². The van der Waals surface area contributed by atoms with Crippen LogP contribution in [0.5, 0.6) is 5.75 Å². The molecule has 2 aromatic rings. The lowest BCUT2D eigenvalue weighted by Gasteiger charge is -2.29. The van der Waals surface area contributed by atoms with Gasteiger partial charge in [0.15, 0.2) is 0 Å². The first-order valence-electron chi connectivity index (χ1n) is 7.31. The third-order valence-corrected chi connectivity index (χ3v) is 3.84. The summed E-state index contributed by atoms with van der Waals surface area (Å²) in [7, 11) is 1.65. The van der Waals surface area contributed by atoms with Gasteiger partial charge in [-0.25, -0.2) is 9.78 Å². The Morgan fingerprint density at radius 2 is 2.14 bits per heavy atom. The monoisotopic (exact) mass is 297 g/mol. The van der Waals surface area contributed by atoms with Crippen LogP contribution in [0.4, 0.5) is 10.6 Å². The average molecular weight is 297 g/mol. The molecule has 1 aromatic carbocycles. The molecule has 0 spiro atoms. The molecular formula is C17H19N3O2. The van der Waals surface area contributed by atoms with Crippen LogP contribution in [0, 0.1) is 6.92 Å². The maximum atomic E-state index is 12.4. The Morgan fingerprint density at radius 3 is 2.91 bits per heavy atom. The van der Waals surface area contributed by atoms with Gasteiger partial charge in [-0.2, -0.15) is 0 Å². The number of nitrogens with one attached hydrogen (secondary N) is 1. The molecule has 1 aliphatic rings. The quantitative estimate of drug-likeness (QED) is 0.927. The summed E-state index contributed by atoms with van der Waals surface area (Å²) in [5.74, 6) is 1.41. The standard InChI is InChI=1S/C17H19N3O2/c1-12-4-3-5-16(18-12)19-17(21)20-9-8-13-6-7-15(22-2)10-14(13)11-20/h3-7,10H,8-9,11H2,1-2H3,(H,18,19,21). The van der Waals surface area contributed by atoms with Gasteiger partial charge < -0.3 is 9.64 Å². The van der Waals surface area contributed by atoms with Crippen LogP contribution in [0.3, 0.4) is 0 Å². The van der Waals surface area contributed by atoms with Gasteiger partial charge in [0.2, 0.25) is 0 Å². The summed E-state index contributed by atoms with van der Waals surface area (Å²) in [5, 5.41) is 2.86. The molecule has 5 heteroatoms. The van der Waals surface area contributed by atoms with Crippen LogP contribution in [0.2, 0.25) is 0 Å². The van der Waals surface area contributed by atoms with Crippen LogP contribution in [0.25, 0.3) is 0 Å². The number of pyridine rings is 1. The number of carbonyl (C=O) groups is 1. The maximum absolute atomic E-state index is 12.4. The van der Waals surface area contributed by atoms with Crippen molar-refractivity contribution in [2.75, 3.05) is 19.0 Å². The van der Waals surface area contributed by atoms with Gasteiger partial charge in [0, 0.05) is 18.8 Å². The predicted molar refractivity (Wildman–Crippen MR) is 85.1 cm³/mol. The van der Waals surface area contributed by atoms with E-state index in [1.165, 1.54) is 5.56 Å². The van der Waals surface area contributed by atoms with E-state index in [0.29, 0.717) is 18.9 Å². The third kappa shape index (κ3) is 3.03. The van der Waals surface area contributed by atoms with Crippen molar-refractivity contribution in [3.05, 3.63) is 53.2 Å². The van der Waals surface area contributed by atoms with Gasteiger partial charge in [-0.3, -0.25) is 5.32 Å². The molecule has 0 aliphatic carbocycles. The fourth-order valence-electron chi connectivity index (χ4n) is 2.64. The number of hydrogen-bond donors (Lipinski definition) is 1. The molecule has 0 radical (unpaired) electrons. The summed E-state index contributed by atoms with van der Waals surface area (Å²) >= 11 is 0. The van der Waals surface area contributed by atoms with Gasteiger partial charge in [0.1, 0.15) is 11.6 Å². The summed E-state index contributed by atoms with van der Waals surface area (Å²) in [6, 6.07) is 11.5. The van der Waals surface area contributed by atoms with E-state index < -0.39 is 0 Å². The molecule has 3 rings (SSSR count). The highest BCUT2D eigenvalue weighted by atomic mass is 16.5. The van der Waals surface area contributed by atoms with Crippen molar-refractivity contribution in [2.24, 2.45) is 0 Å². The van der Waals surface area contributed by atoms with Crippen molar-refractivity contribution >= 4 is 11.8 Å². The Kier molecular flexibility index (Phi) is 3.96. The molecule has 1 aliphatic heterocycles. The highest BCUT2D eigenvalue weighted by Crippen LogP contribution is 2.24. The number of methoxy groups -OCH3 is 1. The first kappa shape index (κ1) is 14.4. The van der Waals surface area contributed by atoms with E-state index in [9.17, 15) is 4.79 Å². The van der Waals surface area contributed by atoms with Gasteiger partial charge in [-0.05, 0) is 48.7 Å². The smallest absolute Gasteiger partial charge is 0.323 e. The minimum Gasteiger partial charge on any atom is -0.497 e. The number of nitrogens with zero attached hydrogens (tertiary/aromatic N) is 2. The second kappa shape index (κ2) is 6.05. The number of anilines is 1. The number of benzene rings is 1. The Labute approximate surface area is 129 Å². The van der Waals surface area contributed by atoms with Crippen LogP contribution >= 0.6 is 0 Å². The SMILES string of the molecule is COc1ccc2c(c1)CN(C(=O)Nc1cccc(C)n1)CC2. The summed E-state index contributed by atoms with van der Waals surface area (Å²) < 4.78 is 5.26. The molecule has 0 saturated carbocycles. The number of ether oxygens (including phenoxy) is 1. The Morgan fingerprint density at radius 1 is 1.27 bits per heavy atom. The van der Waals surface area contributed by atoms with Crippen LogP contribution < -0.4 is 10.1 Å².